The Morgan fingerprint density at radius 1 is 1.10 bits per heavy atom. The topological polar surface area (TPSA) is 25.2 Å². The van der Waals surface area contributed by atoms with Gasteiger partial charge in [-0.15, -0.1) is 0 Å². The van der Waals surface area contributed by atoms with Gasteiger partial charge in [-0.2, -0.15) is 0 Å². The fourth-order valence-electron chi connectivity index (χ4n) is 3.23. The van der Waals surface area contributed by atoms with Crippen molar-refractivity contribution < 1.29 is 4.42 Å². The van der Waals surface area contributed by atoms with Gasteiger partial charge < -0.3 is 9.73 Å². The van der Waals surface area contributed by atoms with Gasteiger partial charge in [-0.1, -0.05) is 44.0 Å². The number of nitrogens with one attached hydrogen (secondary N) is 1. The van der Waals surface area contributed by atoms with E-state index in [0.29, 0.717) is 6.04 Å². The van der Waals surface area contributed by atoms with E-state index in [-0.39, 0.29) is 0 Å². The SMILES string of the molecule is CCNC(CC1CC1)c1ccc2oc3ccccc3c2c1. The van der Waals surface area contributed by atoms with Crippen LogP contribution >= 0.6 is 0 Å². The summed E-state index contributed by atoms with van der Waals surface area (Å²) in [6.07, 6.45) is 4.06. The van der Waals surface area contributed by atoms with Gasteiger partial charge in [-0.3, -0.25) is 0 Å². The summed E-state index contributed by atoms with van der Waals surface area (Å²) >= 11 is 0. The monoisotopic (exact) mass is 279 g/mol. The van der Waals surface area contributed by atoms with E-state index in [2.05, 4.69) is 42.6 Å². The van der Waals surface area contributed by atoms with E-state index < -0.39 is 0 Å². The maximum absolute atomic E-state index is 5.92. The van der Waals surface area contributed by atoms with Crippen LogP contribution in [0.25, 0.3) is 21.9 Å². The average molecular weight is 279 g/mol. The third-order valence-corrected chi connectivity index (χ3v) is 4.52. The molecule has 1 aromatic heterocycles. The Kier molecular flexibility index (Phi) is 3.19. The second-order valence-electron chi connectivity index (χ2n) is 6.14. The zero-order valence-corrected chi connectivity index (χ0v) is 12.4. The second-order valence-corrected chi connectivity index (χ2v) is 6.14. The maximum atomic E-state index is 5.92. The fourth-order valence-corrected chi connectivity index (χ4v) is 3.23. The van der Waals surface area contributed by atoms with Gasteiger partial charge in [0.2, 0.25) is 0 Å². The Balaban J connectivity index is 1.78. The Morgan fingerprint density at radius 3 is 2.71 bits per heavy atom. The summed E-state index contributed by atoms with van der Waals surface area (Å²) in [5.74, 6) is 0.922. The minimum Gasteiger partial charge on any atom is -0.456 e. The van der Waals surface area contributed by atoms with Crippen LogP contribution < -0.4 is 5.32 Å². The number of furan rings is 1. The molecule has 1 N–H and O–H groups in total. The molecule has 1 aliphatic carbocycles. The molecular weight excluding hydrogens is 258 g/mol. The Morgan fingerprint density at radius 2 is 1.90 bits per heavy atom. The number of hydrogen-bond acceptors (Lipinski definition) is 2. The minimum absolute atomic E-state index is 0.473. The number of hydrogen-bond donors (Lipinski definition) is 1. The van der Waals surface area contributed by atoms with Crippen LogP contribution in [-0.4, -0.2) is 6.54 Å². The lowest BCUT2D eigenvalue weighted by atomic mass is 9.99. The number of fused-ring (bicyclic) bond motifs is 3. The van der Waals surface area contributed by atoms with Crippen molar-refractivity contribution in [3.63, 3.8) is 0 Å². The molecule has 2 aromatic carbocycles. The molecule has 108 valence electrons. The first kappa shape index (κ1) is 12.9. The molecule has 1 aliphatic rings. The molecule has 1 unspecified atom stereocenters. The highest BCUT2D eigenvalue weighted by Crippen LogP contribution is 2.39. The Bertz CT molecular complexity index is 769. The molecule has 0 aliphatic heterocycles. The molecular formula is C19H21NO. The van der Waals surface area contributed by atoms with E-state index in [1.54, 1.807) is 0 Å². The van der Waals surface area contributed by atoms with Crippen LogP contribution in [0, 0.1) is 5.92 Å². The minimum atomic E-state index is 0.473. The van der Waals surface area contributed by atoms with Gasteiger partial charge >= 0.3 is 0 Å². The van der Waals surface area contributed by atoms with E-state index in [0.717, 1.165) is 23.6 Å². The van der Waals surface area contributed by atoms with Crippen LogP contribution in [0.1, 0.15) is 37.8 Å². The van der Waals surface area contributed by atoms with E-state index in [9.17, 15) is 0 Å². The van der Waals surface area contributed by atoms with Crippen LogP contribution in [0.15, 0.2) is 46.9 Å². The van der Waals surface area contributed by atoms with Gasteiger partial charge in [0.15, 0.2) is 0 Å². The van der Waals surface area contributed by atoms with Gasteiger partial charge in [-0.25, -0.2) is 0 Å². The van der Waals surface area contributed by atoms with Gasteiger partial charge in [0.25, 0.3) is 0 Å². The van der Waals surface area contributed by atoms with Crippen LogP contribution in [0.5, 0.6) is 0 Å². The predicted molar refractivity (Wildman–Crippen MR) is 87.5 cm³/mol. The zero-order valence-electron chi connectivity index (χ0n) is 12.4. The maximum Gasteiger partial charge on any atom is 0.135 e. The van der Waals surface area contributed by atoms with Crippen LogP contribution in [0.3, 0.4) is 0 Å². The molecule has 0 bridgehead atoms. The summed E-state index contributed by atoms with van der Waals surface area (Å²) in [6.45, 7) is 3.20. The van der Waals surface area contributed by atoms with Crippen molar-refractivity contribution in [3.05, 3.63) is 48.0 Å². The van der Waals surface area contributed by atoms with Crippen molar-refractivity contribution in [2.24, 2.45) is 5.92 Å². The third-order valence-electron chi connectivity index (χ3n) is 4.52. The summed E-state index contributed by atoms with van der Waals surface area (Å²) < 4.78 is 5.92. The van der Waals surface area contributed by atoms with Crippen molar-refractivity contribution in [3.8, 4) is 0 Å². The third kappa shape index (κ3) is 2.44. The lowest BCUT2D eigenvalue weighted by Gasteiger charge is -2.18. The fraction of sp³-hybridized carbons (Fsp3) is 0.368. The smallest absolute Gasteiger partial charge is 0.135 e. The van der Waals surface area contributed by atoms with Crippen LogP contribution in [0.2, 0.25) is 0 Å². The molecule has 1 saturated carbocycles. The highest BCUT2D eigenvalue weighted by atomic mass is 16.3. The summed E-state index contributed by atoms with van der Waals surface area (Å²) in [4.78, 5) is 0. The molecule has 1 heterocycles. The molecule has 21 heavy (non-hydrogen) atoms. The summed E-state index contributed by atoms with van der Waals surface area (Å²) in [5, 5.41) is 6.10. The predicted octanol–water partition coefficient (Wildman–Crippen LogP) is 5.04. The highest BCUT2D eigenvalue weighted by molar-refractivity contribution is 6.05. The molecule has 1 fully saturated rings. The zero-order chi connectivity index (χ0) is 14.2. The lowest BCUT2D eigenvalue weighted by Crippen LogP contribution is -2.21. The molecule has 1 atom stereocenters. The summed E-state index contributed by atoms with van der Waals surface area (Å²) in [6, 6.07) is 15.4. The standard InChI is InChI=1S/C19H21NO/c1-2-20-17(11-13-7-8-13)14-9-10-19-16(12-14)15-5-3-4-6-18(15)21-19/h3-6,9-10,12-13,17,20H,2,7-8,11H2,1H3. The average Bonchev–Trinajstić information content (AvgIpc) is 3.25. The molecule has 0 spiro atoms. The lowest BCUT2D eigenvalue weighted by molar-refractivity contribution is 0.487. The van der Waals surface area contributed by atoms with E-state index in [1.165, 1.54) is 35.6 Å². The van der Waals surface area contributed by atoms with E-state index >= 15 is 0 Å². The first-order valence-electron chi connectivity index (χ1n) is 7.99. The number of rotatable bonds is 5. The van der Waals surface area contributed by atoms with Gasteiger partial charge in [0, 0.05) is 16.8 Å². The van der Waals surface area contributed by atoms with Crippen LogP contribution in [0.4, 0.5) is 0 Å². The molecule has 2 heteroatoms. The molecule has 4 rings (SSSR count). The number of benzene rings is 2. The molecule has 2 nitrogen and oxygen atoms in total. The van der Waals surface area contributed by atoms with Gasteiger partial charge in [0.05, 0.1) is 0 Å². The Labute approximate surface area is 125 Å². The van der Waals surface area contributed by atoms with Crippen molar-refractivity contribution >= 4 is 21.9 Å². The molecule has 0 amide bonds. The Hall–Kier alpha value is -1.80. The first-order valence-corrected chi connectivity index (χ1v) is 7.99. The number of para-hydroxylation sites is 1. The normalized spacial score (nSPS) is 16.6. The van der Waals surface area contributed by atoms with Gasteiger partial charge in [0.1, 0.15) is 11.2 Å². The quantitative estimate of drug-likeness (QED) is 0.708. The molecule has 0 saturated heterocycles. The van der Waals surface area contributed by atoms with Gasteiger partial charge in [-0.05, 0) is 42.6 Å². The van der Waals surface area contributed by atoms with Crippen LogP contribution in [-0.2, 0) is 0 Å². The van der Waals surface area contributed by atoms with E-state index in [1.807, 2.05) is 12.1 Å². The van der Waals surface area contributed by atoms with Crippen molar-refractivity contribution in [2.45, 2.75) is 32.2 Å². The van der Waals surface area contributed by atoms with Crippen molar-refractivity contribution in [1.82, 2.24) is 5.32 Å². The van der Waals surface area contributed by atoms with Crippen molar-refractivity contribution in [1.29, 1.82) is 0 Å². The first-order chi connectivity index (χ1) is 10.3. The van der Waals surface area contributed by atoms with Crippen molar-refractivity contribution in [2.75, 3.05) is 6.54 Å². The molecule has 0 radical (unpaired) electrons. The largest absolute Gasteiger partial charge is 0.456 e. The molecule has 3 aromatic rings. The summed E-state index contributed by atoms with van der Waals surface area (Å²) in [5.41, 5.74) is 3.36. The highest BCUT2D eigenvalue weighted by Gasteiger charge is 2.26. The second kappa shape index (κ2) is 5.19. The summed E-state index contributed by atoms with van der Waals surface area (Å²) in [7, 11) is 0. The van der Waals surface area contributed by atoms with E-state index in [4.69, 9.17) is 4.42 Å².